The Labute approximate surface area is 229 Å². The average Bonchev–Trinajstić information content (AvgIpc) is 2.99. The molecule has 3 heterocycles. The fourth-order valence-electron chi connectivity index (χ4n) is 3.50. The Morgan fingerprint density at radius 3 is 2.50 bits per heavy atom. The summed E-state index contributed by atoms with van der Waals surface area (Å²) in [7, 11) is 4.57. The summed E-state index contributed by atoms with van der Waals surface area (Å²) in [6.45, 7) is 2.01. The van der Waals surface area contributed by atoms with Crippen LogP contribution in [0.5, 0.6) is 28.9 Å². The molecule has 0 saturated carbocycles. The molecule has 0 unspecified atom stereocenters. The van der Waals surface area contributed by atoms with E-state index in [4.69, 9.17) is 29.4 Å². The lowest BCUT2D eigenvalue weighted by atomic mass is 10.2. The van der Waals surface area contributed by atoms with Gasteiger partial charge in [0.2, 0.25) is 5.88 Å². The van der Waals surface area contributed by atoms with E-state index < -0.39 is 5.91 Å². The Kier molecular flexibility index (Phi) is 8.87. The molecular formula is C27H27N7O6. The maximum absolute atomic E-state index is 12.8. The largest absolute Gasteiger partial charge is 0.493 e. The Bertz CT molecular complexity index is 1560. The molecule has 1 amide bonds. The monoisotopic (exact) mass is 545 g/mol. The van der Waals surface area contributed by atoms with E-state index in [2.05, 4.69) is 30.2 Å². The van der Waals surface area contributed by atoms with Gasteiger partial charge in [0, 0.05) is 17.6 Å². The molecule has 4 aromatic rings. The first-order valence-electron chi connectivity index (χ1n) is 11.9. The van der Waals surface area contributed by atoms with Crippen molar-refractivity contribution >= 4 is 34.5 Å². The van der Waals surface area contributed by atoms with Crippen molar-refractivity contribution in [1.82, 2.24) is 19.9 Å². The highest BCUT2D eigenvalue weighted by atomic mass is 16.5. The number of nitrogens with two attached hydrogens (primary N) is 1. The number of allylic oxidation sites excluding steroid dienone is 1. The van der Waals surface area contributed by atoms with Crippen LogP contribution in [-0.4, -0.2) is 60.0 Å². The van der Waals surface area contributed by atoms with Crippen LogP contribution in [0.2, 0.25) is 0 Å². The summed E-state index contributed by atoms with van der Waals surface area (Å²) in [5.41, 5.74) is 6.88. The van der Waals surface area contributed by atoms with E-state index in [1.807, 2.05) is 0 Å². The highest BCUT2D eigenvalue weighted by Crippen LogP contribution is 2.36. The minimum absolute atomic E-state index is 0.0579. The van der Waals surface area contributed by atoms with Gasteiger partial charge in [0.15, 0.2) is 17.3 Å². The first-order valence-corrected chi connectivity index (χ1v) is 11.9. The van der Waals surface area contributed by atoms with Crippen molar-refractivity contribution in [1.29, 1.82) is 0 Å². The lowest BCUT2D eigenvalue weighted by Gasteiger charge is -2.12. The van der Waals surface area contributed by atoms with Crippen LogP contribution in [0.1, 0.15) is 6.92 Å². The molecule has 0 aliphatic rings. The molecule has 4 rings (SSSR count). The average molecular weight is 546 g/mol. The van der Waals surface area contributed by atoms with Gasteiger partial charge in [0.05, 0.1) is 52.1 Å². The number of amides is 1. The normalized spacial score (nSPS) is 11.6. The minimum Gasteiger partial charge on any atom is -0.493 e. The molecule has 3 N–H and O–H groups in total. The first-order chi connectivity index (χ1) is 19.5. The van der Waals surface area contributed by atoms with Crippen LogP contribution in [0.4, 0.5) is 11.5 Å². The first kappa shape index (κ1) is 27.6. The maximum atomic E-state index is 12.8. The number of hydrogen-bond donors (Lipinski definition) is 2. The van der Waals surface area contributed by atoms with Crippen LogP contribution in [0.25, 0.3) is 10.9 Å². The lowest BCUT2D eigenvalue weighted by molar-refractivity contribution is -0.113. The molecule has 0 atom stereocenters. The number of pyridine rings is 2. The van der Waals surface area contributed by atoms with E-state index in [1.165, 1.54) is 32.0 Å². The van der Waals surface area contributed by atoms with Crippen LogP contribution >= 0.6 is 0 Å². The van der Waals surface area contributed by atoms with E-state index >= 15 is 0 Å². The number of aromatic nitrogens is 4. The number of rotatable bonds is 11. The molecule has 0 radical (unpaired) electrons. The van der Waals surface area contributed by atoms with Crippen molar-refractivity contribution in [2.24, 2.45) is 10.7 Å². The molecule has 0 bridgehead atoms. The minimum atomic E-state index is -0.631. The van der Waals surface area contributed by atoms with E-state index in [1.54, 1.807) is 57.7 Å². The van der Waals surface area contributed by atoms with Crippen LogP contribution in [-0.2, 0) is 9.53 Å². The van der Waals surface area contributed by atoms with Crippen LogP contribution in [0, 0.1) is 0 Å². The predicted molar refractivity (Wildman–Crippen MR) is 147 cm³/mol. The number of nitrogens with zero attached hydrogens (tertiary/aromatic N) is 5. The van der Waals surface area contributed by atoms with Crippen molar-refractivity contribution < 1.29 is 28.5 Å². The zero-order valence-corrected chi connectivity index (χ0v) is 22.2. The third-order valence-corrected chi connectivity index (χ3v) is 5.39. The second-order valence-corrected chi connectivity index (χ2v) is 7.86. The number of carbonyl (C=O) groups is 1. The van der Waals surface area contributed by atoms with E-state index in [0.29, 0.717) is 34.2 Å². The SMILES string of the molecule is CCOC(C=Nc1cncnc1OC)=C(N)C(=O)Nc1ccc(Oc2ccnc3cc(OC)c(OC)cc23)cn1. The molecule has 13 nitrogen and oxygen atoms in total. The smallest absolute Gasteiger partial charge is 0.276 e. The number of aliphatic imine (C=N–C) groups is 1. The number of anilines is 1. The molecular weight excluding hydrogens is 518 g/mol. The third kappa shape index (κ3) is 6.32. The lowest BCUT2D eigenvalue weighted by Crippen LogP contribution is -2.23. The van der Waals surface area contributed by atoms with Gasteiger partial charge < -0.3 is 34.7 Å². The number of fused-ring (bicyclic) bond motifs is 1. The topological polar surface area (TPSA) is 165 Å². The highest BCUT2D eigenvalue weighted by molar-refractivity contribution is 6.06. The number of hydrogen-bond acceptors (Lipinski definition) is 12. The number of benzene rings is 1. The molecule has 0 aliphatic heterocycles. The molecule has 0 spiro atoms. The fraction of sp³-hybridized carbons (Fsp3) is 0.185. The highest BCUT2D eigenvalue weighted by Gasteiger charge is 2.15. The number of ether oxygens (including phenoxy) is 5. The van der Waals surface area contributed by atoms with Crippen LogP contribution in [0.15, 0.2) is 71.7 Å². The van der Waals surface area contributed by atoms with Gasteiger partial charge in [-0.1, -0.05) is 0 Å². The Morgan fingerprint density at radius 2 is 1.80 bits per heavy atom. The number of methoxy groups -OCH3 is 3. The summed E-state index contributed by atoms with van der Waals surface area (Å²) in [5.74, 6) is 2.01. The molecule has 206 valence electrons. The Balaban J connectivity index is 1.50. The van der Waals surface area contributed by atoms with Gasteiger partial charge in [-0.15, -0.1) is 0 Å². The van der Waals surface area contributed by atoms with Gasteiger partial charge in [0.25, 0.3) is 5.91 Å². The summed E-state index contributed by atoms with van der Waals surface area (Å²) in [6, 6.07) is 8.51. The zero-order chi connectivity index (χ0) is 28.5. The van der Waals surface area contributed by atoms with E-state index in [0.717, 1.165) is 5.39 Å². The Morgan fingerprint density at radius 1 is 1.00 bits per heavy atom. The van der Waals surface area contributed by atoms with E-state index in [-0.39, 0.29) is 29.8 Å². The maximum Gasteiger partial charge on any atom is 0.276 e. The van der Waals surface area contributed by atoms with Gasteiger partial charge >= 0.3 is 0 Å². The van der Waals surface area contributed by atoms with Gasteiger partial charge in [-0.3, -0.25) is 9.78 Å². The van der Waals surface area contributed by atoms with Crippen molar-refractivity contribution in [3.63, 3.8) is 0 Å². The summed E-state index contributed by atoms with van der Waals surface area (Å²) < 4.78 is 27.4. The number of nitrogens with one attached hydrogen (secondary N) is 1. The summed E-state index contributed by atoms with van der Waals surface area (Å²) in [6.07, 6.45) is 7.18. The second kappa shape index (κ2) is 12.9. The van der Waals surface area contributed by atoms with Gasteiger partial charge in [-0.05, 0) is 31.2 Å². The molecule has 3 aromatic heterocycles. The molecule has 1 aromatic carbocycles. The molecule has 0 saturated heterocycles. The summed E-state index contributed by atoms with van der Waals surface area (Å²) >= 11 is 0. The van der Waals surface area contributed by atoms with Gasteiger partial charge in [-0.2, -0.15) is 4.98 Å². The van der Waals surface area contributed by atoms with Crippen molar-refractivity contribution in [3.8, 4) is 28.9 Å². The van der Waals surface area contributed by atoms with Crippen LogP contribution < -0.4 is 30.0 Å². The van der Waals surface area contributed by atoms with Crippen molar-refractivity contribution in [2.75, 3.05) is 33.3 Å². The third-order valence-electron chi connectivity index (χ3n) is 5.39. The molecule has 13 heteroatoms. The number of carbonyl (C=O) groups excluding carboxylic acids is 1. The van der Waals surface area contributed by atoms with Crippen molar-refractivity contribution in [2.45, 2.75) is 6.92 Å². The van der Waals surface area contributed by atoms with Gasteiger partial charge in [-0.25, -0.2) is 15.0 Å². The Hall–Kier alpha value is -5.46. The fourth-order valence-corrected chi connectivity index (χ4v) is 3.50. The molecule has 40 heavy (non-hydrogen) atoms. The van der Waals surface area contributed by atoms with Gasteiger partial charge in [0.1, 0.15) is 35.0 Å². The quantitative estimate of drug-likeness (QED) is 0.160. The second-order valence-electron chi connectivity index (χ2n) is 7.86. The zero-order valence-electron chi connectivity index (χ0n) is 22.2. The van der Waals surface area contributed by atoms with Crippen molar-refractivity contribution in [3.05, 3.63) is 66.7 Å². The summed E-state index contributed by atoms with van der Waals surface area (Å²) in [5, 5.41) is 3.35. The predicted octanol–water partition coefficient (Wildman–Crippen LogP) is 3.79. The van der Waals surface area contributed by atoms with E-state index in [9.17, 15) is 4.79 Å². The standard InChI is InChI=1S/C27H27N7O6/c1-5-39-23(14-31-19-13-29-15-33-27(19)38-4)25(28)26(35)34-24-7-6-16(12-32-24)40-20-8-9-30-18-11-22(37-3)21(36-2)10-17(18)20/h6-15H,5,28H2,1-4H3,(H,32,34,35). The van der Waals surface area contributed by atoms with Crippen LogP contribution in [0.3, 0.4) is 0 Å². The summed E-state index contributed by atoms with van der Waals surface area (Å²) in [4.78, 5) is 33.6. The molecule has 0 aliphatic carbocycles. The molecule has 0 fully saturated rings.